The standard InChI is InChI=1S/C15H18N2O2/c1-2-15(11-17-9-8-16-12-17)18-10-14(19-15)13-6-4-3-5-7-13/h3-9,12,14H,2,10-11H2,1H3. The first-order valence-electron chi connectivity index (χ1n) is 6.64. The van der Waals surface area contributed by atoms with E-state index in [1.165, 1.54) is 5.56 Å². The summed E-state index contributed by atoms with van der Waals surface area (Å²) in [7, 11) is 0. The highest BCUT2D eigenvalue weighted by Gasteiger charge is 2.40. The molecule has 0 amide bonds. The van der Waals surface area contributed by atoms with Crippen LogP contribution in [0.5, 0.6) is 0 Å². The maximum atomic E-state index is 6.19. The molecule has 2 aromatic rings. The molecule has 0 bridgehead atoms. The van der Waals surface area contributed by atoms with Gasteiger partial charge in [-0.3, -0.25) is 0 Å². The van der Waals surface area contributed by atoms with Crippen molar-refractivity contribution >= 4 is 0 Å². The number of imidazole rings is 1. The maximum Gasteiger partial charge on any atom is 0.186 e. The molecule has 0 radical (unpaired) electrons. The van der Waals surface area contributed by atoms with Crippen LogP contribution in [0.4, 0.5) is 0 Å². The molecule has 100 valence electrons. The summed E-state index contributed by atoms with van der Waals surface area (Å²) in [5.41, 5.74) is 1.17. The van der Waals surface area contributed by atoms with Crippen LogP contribution in [0.15, 0.2) is 49.1 Å². The lowest BCUT2D eigenvalue weighted by atomic mass is 10.1. The van der Waals surface area contributed by atoms with Crippen molar-refractivity contribution in [3.8, 4) is 0 Å². The second kappa shape index (κ2) is 5.15. The highest BCUT2D eigenvalue weighted by Crippen LogP contribution is 2.36. The molecule has 19 heavy (non-hydrogen) atoms. The van der Waals surface area contributed by atoms with E-state index in [0.717, 1.165) is 6.42 Å². The normalized spacial score (nSPS) is 26.7. The van der Waals surface area contributed by atoms with Gasteiger partial charge in [0.15, 0.2) is 5.79 Å². The summed E-state index contributed by atoms with van der Waals surface area (Å²) in [6, 6.07) is 10.2. The van der Waals surface area contributed by atoms with E-state index in [1.54, 1.807) is 12.5 Å². The Kier molecular flexibility index (Phi) is 3.36. The molecular weight excluding hydrogens is 240 g/mol. The largest absolute Gasteiger partial charge is 0.345 e. The Morgan fingerprint density at radius 3 is 2.89 bits per heavy atom. The monoisotopic (exact) mass is 258 g/mol. The highest BCUT2D eigenvalue weighted by atomic mass is 16.7. The molecule has 0 aliphatic carbocycles. The van der Waals surface area contributed by atoms with Crippen molar-refractivity contribution in [3.05, 3.63) is 54.6 Å². The predicted molar refractivity (Wildman–Crippen MR) is 71.5 cm³/mol. The van der Waals surface area contributed by atoms with Gasteiger partial charge in [-0.2, -0.15) is 0 Å². The van der Waals surface area contributed by atoms with Gasteiger partial charge in [0.1, 0.15) is 6.10 Å². The maximum absolute atomic E-state index is 6.19. The fourth-order valence-electron chi connectivity index (χ4n) is 2.43. The van der Waals surface area contributed by atoms with E-state index in [0.29, 0.717) is 13.2 Å². The fraction of sp³-hybridized carbons (Fsp3) is 0.400. The topological polar surface area (TPSA) is 36.3 Å². The minimum atomic E-state index is -0.540. The van der Waals surface area contributed by atoms with E-state index in [9.17, 15) is 0 Å². The summed E-state index contributed by atoms with van der Waals surface area (Å²) in [6.45, 7) is 3.36. The third kappa shape index (κ3) is 2.55. The van der Waals surface area contributed by atoms with Crippen LogP contribution < -0.4 is 0 Å². The summed E-state index contributed by atoms with van der Waals surface area (Å²) in [5, 5.41) is 0. The van der Waals surface area contributed by atoms with Gasteiger partial charge in [-0.05, 0) is 5.56 Å². The molecule has 4 nitrogen and oxygen atoms in total. The molecule has 2 unspecified atom stereocenters. The first-order valence-corrected chi connectivity index (χ1v) is 6.64. The molecule has 3 rings (SSSR count). The molecule has 4 heteroatoms. The lowest BCUT2D eigenvalue weighted by Crippen LogP contribution is -2.34. The van der Waals surface area contributed by atoms with Crippen LogP contribution in [0, 0.1) is 0 Å². The highest BCUT2D eigenvalue weighted by molar-refractivity contribution is 5.18. The van der Waals surface area contributed by atoms with Crippen molar-refractivity contribution < 1.29 is 9.47 Å². The van der Waals surface area contributed by atoms with Crippen LogP contribution in [0.1, 0.15) is 25.0 Å². The summed E-state index contributed by atoms with van der Waals surface area (Å²) in [6.07, 6.45) is 6.33. The molecule has 0 saturated carbocycles. The van der Waals surface area contributed by atoms with Gasteiger partial charge in [0.2, 0.25) is 0 Å². The average Bonchev–Trinajstić information content (AvgIpc) is 3.11. The summed E-state index contributed by atoms with van der Waals surface area (Å²) < 4.78 is 14.1. The predicted octanol–water partition coefficient (Wildman–Crippen LogP) is 2.78. The third-order valence-corrected chi connectivity index (χ3v) is 3.55. The van der Waals surface area contributed by atoms with Gasteiger partial charge in [-0.15, -0.1) is 0 Å². The molecule has 2 atom stereocenters. The molecule has 0 N–H and O–H groups in total. The third-order valence-electron chi connectivity index (χ3n) is 3.55. The summed E-state index contributed by atoms with van der Waals surface area (Å²) in [5.74, 6) is -0.540. The molecular formula is C15H18N2O2. The minimum absolute atomic E-state index is 0.0182. The van der Waals surface area contributed by atoms with Crippen LogP contribution in [0.3, 0.4) is 0 Å². The van der Waals surface area contributed by atoms with Crippen LogP contribution in [0.25, 0.3) is 0 Å². The Labute approximate surface area is 113 Å². The molecule has 1 saturated heterocycles. The van der Waals surface area contributed by atoms with Crippen LogP contribution in [0.2, 0.25) is 0 Å². The lowest BCUT2D eigenvalue weighted by Gasteiger charge is -2.27. The molecule has 0 spiro atoms. The van der Waals surface area contributed by atoms with E-state index < -0.39 is 5.79 Å². The zero-order chi connectivity index (χ0) is 13.1. The van der Waals surface area contributed by atoms with Gasteiger partial charge in [0.05, 0.1) is 19.5 Å². The van der Waals surface area contributed by atoms with Crippen molar-refractivity contribution in [1.82, 2.24) is 9.55 Å². The van der Waals surface area contributed by atoms with Gasteiger partial charge in [0, 0.05) is 18.8 Å². The molecule has 1 aliphatic rings. The second-order valence-corrected chi connectivity index (χ2v) is 4.83. The van der Waals surface area contributed by atoms with E-state index in [-0.39, 0.29) is 6.10 Å². The Morgan fingerprint density at radius 2 is 2.21 bits per heavy atom. The molecule has 1 aliphatic heterocycles. The van der Waals surface area contributed by atoms with Crippen molar-refractivity contribution in [3.63, 3.8) is 0 Å². The summed E-state index contributed by atoms with van der Waals surface area (Å²) >= 11 is 0. The minimum Gasteiger partial charge on any atom is -0.345 e. The average molecular weight is 258 g/mol. The van der Waals surface area contributed by atoms with Crippen molar-refractivity contribution in [1.29, 1.82) is 0 Å². The summed E-state index contributed by atoms with van der Waals surface area (Å²) in [4.78, 5) is 4.06. The number of benzene rings is 1. The zero-order valence-corrected chi connectivity index (χ0v) is 11.0. The number of hydrogen-bond donors (Lipinski definition) is 0. The van der Waals surface area contributed by atoms with Crippen molar-refractivity contribution in [2.24, 2.45) is 0 Å². The Morgan fingerprint density at radius 1 is 1.37 bits per heavy atom. The van der Waals surface area contributed by atoms with E-state index >= 15 is 0 Å². The first-order chi connectivity index (χ1) is 9.31. The van der Waals surface area contributed by atoms with Gasteiger partial charge in [-0.1, -0.05) is 37.3 Å². The number of ether oxygens (including phenoxy) is 2. The van der Waals surface area contributed by atoms with Gasteiger partial charge < -0.3 is 14.0 Å². The Balaban J connectivity index is 1.75. The number of aromatic nitrogens is 2. The Hall–Kier alpha value is -1.65. The number of nitrogens with zero attached hydrogens (tertiary/aromatic N) is 2. The van der Waals surface area contributed by atoms with Crippen LogP contribution in [-0.4, -0.2) is 21.9 Å². The van der Waals surface area contributed by atoms with Crippen molar-refractivity contribution in [2.75, 3.05) is 6.61 Å². The zero-order valence-electron chi connectivity index (χ0n) is 11.0. The lowest BCUT2D eigenvalue weighted by molar-refractivity contribution is -0.180. The first kappa shape index (κ1) is 12.4. The molecule has 1 fully saturated rings. The fourth-order valence-corrected chi connectivity index (χ4v) is 2.43. The van der Waals surface area contributed by atoms with Gasteiger partial charge in [-0.25, -0.2) is 4.98 Å². The SMILES string of the molecule is CCC1(Cn2ccnc2)OCC(c2ccccc2)O1. The Bertz CT molecular complexity index is 512. The number of rotatable bonds is 4. The van der Waals surface area contributed by atoms with Crippen molar-refractivity contribution in [2.45, 2.75) is 31.8 Å². The van der Waals surface area contributed by atoms with Gasteiger partial charge in [0.25, 0.3) is 0 Å². The van der Waals surface area contributed by atoms with E-state index in [1.807, 2.05) is 29.0 Å². The quantitative estimate of drug-likeness (QED) is 0.846. The number of hydrogen-bond acceptors (Lipinski definition) is 3. The van der Waals surface area contributed by atoms with E-state index in [4.69, 9.17) is 9.47 Å². The van der Waals surface area contributed by atoms with Crippen LogP contribution >= 0.6 is 0 Å². The smallest absolute Gasteiger partial charge is 0.186 e. The van der Waals surface area contributed by atoms with Crippen LogP contribution in [-0.2, 0) is 16.0 Å². The molecule has 1 aromatic heterocycles. The second-order valence-electron chi connectivity index (χ2n) is 4.83. The van der Waals surface area contributed by atoms with Gasteiger partial charge >= 0.3 is 0 Å². The molecule has 1 aromatic carbocycles. The van der Waals surface area contributed by atoms with E-state index in [2.05, 4.69) is 24.0 Å². The molecule has 2 heterocycles.